The van der Waals surface area contributed by atoms with E-state index in [4.69, 9.17) is 16.9 Å². The highest BCUT2D eigenvalue weighted by molar-refractivity contribution is 6.30. The maximum Gasteiger partial charge on any atom is 0.251 e. The van der Waals surface area contributed by atoms with Gasteiger partial charge in [0.15, 0.2) is 0 Å². The average molecular weight is 487 g/mol. The van der Waals surface area contributed by atoms with Crippen molar-refractivity contribution in [1.82, 2.24) is 10.2 Å². The first-order valence-electron chi connectivity index (χ1n) is 11.7. The molecule has 6 nitrogen and oxygen atoms in total. The molecule has 1 saturated heterocycles. The molecule has 3 aromatic carbocycles. The second-order valence-corrected chi connectivity index (χ2v) is 8.98. The lowest BCUT2D eigenvalue weighted by Crippen LogP contribution is -2.50. The van der Waals surface area contributed by atoms with Crippen molar-refractivity contribution in [2.45, 2.75) is 18.9 Å². The van der Waals surface area contributed by atoms with Crippen molar-refractivity contribution in [2.75, 3.05) is 31.1 Å². The Morgan fingerprint density at radius 1 is 0.914 bits per heavy atom. The van der Waals surface area contributed by atoms with Crippen molar-refractivity contribution in [1.29, 1.82) is 5.26 Å². The highest BCUT2D eigenvalue weighted by Gasteiger charge is 2.28. The zero-order valence-corrected chi connectivity index (χ0v) is 20.1. The average Bonchev–Trinajstić information content (AvgIpc) is 3.15. The molecule has 4 rings (SSSR count). The molecule has 0 aromatic heterocycles. The minimum atomic E-state index is -0.679. The van der Waals surface area contributed by atoms with E-state index in [0.29, 0.717) is 42.2 Å². The molecule has 35 heavy (non-hydrogen) atoms. The highest BCUT2D eigenvalue weighted by atomic mass is 35.5. The lowest BCUT2D eigenvalue weighted by atomic mass is 10.0. The molecule has 1 atom stereocenters. The quantitative estimate of drug-likeness (QED) is 0.564. The summed E-state index contributed by atoms with van der Waals surface area (Å²) in [5, 5.41) is 12.5. The summed E-state index contributed by atoms with van der Waals surface area (Å²) < 4.78 is 0. The molecule has 0 radical (unpaired) electrons. The van der Waals surface area contributed by atoms with Gasteiger partial charge >= 0.3 is 0 Å². The number of nitriles is 1. The van der Waals surface area contributed by atoms with Gasteiger partial charge in [0.05, 0.1) is 11.6 Å². The van der Waals surface area contributed by atoms with Gasteiger partial charge in [-0.1, -0.05) is 41.9 Å². The third-order valence-corrected chi connectivity index (χ3v) is 6.41. The van der Waals surface area contributed by atoms with Crippen LogP contribution in [-0.2, 0) is 11.2 Å². The van der Waals surface area contributed by atoms with Gasteiger partial charge in [-0.2, -0.15) is 5.26 Å². The van der Waals surface area contributed by atoms with Crippen LogP contribution in [0.3, 0.4) is 0 Å². The first kappa shape index (κ1) is 24.3. The number of carbonyl (C=O) groups excluding carboxylic acids is 2. The van der Waals surface area contributed by atoms with Crippen LogP contribution in [0.2, 0.25) is 5.02 Å². The van der Waals surface area contributed by atoms with E-state index in [1.165, 1.54) is 0 Å². The minimum Gasteiger partial charge on any atom is -0.370 e. The van der Waals surface area contributed by atoms with E-state index >= 15 is 0 Å². The van der Waals surface area contributed by atoms with E-state index in [-0.39, 0.29) is 11.8 Å². The zero-order valence-electron chi connectivity index (χ0n) is 19.4. The topological polar surface area (TPSA) is 76.4 Å². The fourth-order valence-corrected chi connectivity index (χ4v) is 4.38. The SMILES string of the molecule is N#Cc1ccc(N2CCCN(C(=O)C(Cc3ccccc3)NC(=O)c3ccc(Cl)cc3)CC2)cc1. The Balaban J connectivity index is 1.47. The number of nitrogens with zero attached hydrogens (tertiary/aromatic N) is 3. The highest BCUT2D eigenvalue weighted by Crippen LogP contribution is 2.18. The Kier molecular flexibility index (Phi) is 8.02. The minimum absolute atomic E-state index is 0.0853. The van der Waals surface area contributed by atoms with Gasteiger partial charge in [0.2, 0.25) is 5.91 Å². The molecule has 0 bridgehead atoms. The first-order valence-corrected chi connectivity index (χ1v) is 12.1. The Hall–Kier alpha value is -3.82. The van der Waals surface area contributed by atoms with E-state index in [1.807, 2.05) is 59.5 Å². The maximum atomic E-state index is 13.6. The first-order chi connectivity index (χ1) is 17.0. The summed E-state index contributed by atoms with van der Waals surface area (Å²) in [6.07, 6.45) is 1.23. The van der Waals surface area contributed by atoms with Gasteiger partial charge in [0.1, 0.15) is 6.04 Å². The number of nitrogens with one attached hydrogen (secondary N) is 1. The van der Waals surface area contributed by atoms with Gasteiger partial charge in [0, 0.05) is 48.9 Å². The van der Waals surface area contributed by atoms with Crippen LogP contribution in [0.5, 0.6) is 0 Å². The molecular weight excluding hydrogens is 460 g/mol. The van der Waals surface area contributed by atoms with Crippen molar-refractivity contribution in [3.8, 4) is 6.07 Å². The van der Waals surface area contributed by atoms with E-state index < -0.39 is 6.04 Å². The zero-order chi connectivity index (χ0) is 24.6. The van der Waals surface area contributed by atoms with E-state index in [9.17, 15) is 9.59 Å². The number of hydrogen-bond donors (Lipinski definition) is 1. The van der Waals surface area contributed by atoms with Gasteiger partial charge in [0.25, 0.3) is 5.91 Å². The molecular formula is C28H27ClN4O2. The van der Waals surface area contributed by atoms with Crippen LogP contribution in [-0.4, -0.2) is 48.9 Å². The molecule has 1 aliphatic heterocycles. The molecule has 1 unspecified atom stereocenters. The largest absolute Gasteiger partial charge is 0.370 e. The molecule has 1 fully saturated rings. The number of rotatable bonds is 6. The summed E-state index contributed by atoms with van der Waals surface area (Å²) in [4.78, 5) is 30.7. The predicted octanol–water partition coefficient (Wildman–Crippen LogP) is 4.29. The summed E-state index contributed by atoms with van der Waals surface area (Å²) in [6.45, 7) is 2.67. The summed E-state index contributed by atoms with van der Waals surface area (Å²) in [5.74, 6) is -0.386. The summed E-state index contributed by atoms with van der Waals surface area (Å²) in [5.41, 5.74) is 3.11. The molecule has 3 aromatic rings. The van der Waals surface area contributed by atoms with Crippen molar-refractivity contribution >= 4 is 29.1 Å². The fourth-order valence-electron chi connectivity index (χ4n) is 4.26. The predicted molar refractivity (Wildman–Crippen MR) is 137 cm³/mol. The second-order valence-electron chi connectivity index (χ2n) is 8.55. The summed E-state index contributed by atoms with van der Waals surface area (Å²) in [7, 11) is 0. The van der Waals surface area contributed by atoms with Gasteiger partial charge < -0.3 is 15.1 Å². The van der Waals surface area contributed by atoms with Crippen molar-refractivity contribution in [2.24, 2.45) is 0 Å². The van der Waals surface area contributed by atoms with Crippen molar-refractivity contribution in [3.05, 3.63) is 101 Å². The molecule has 0 aliphatic carbocycles. The van der Waals surface area contributed by atoms with Crippen LogP contribution in [0, 0.1) is 11.3 Å². The standard InChI is InChI=1S/C28H27ClN4O2/c29-24-11-9-23(10-12-24)27(34)31-26(19-21-5-2-1-3-6-21)28(35)33-16-4-15-32(17-18-33)25-13-7-22(20-30)8-14-25/h1-3,5-14,26H,4,15-19H2,(H,31,34). The lowest BCUT2D eigenvalue weighted by molar-refractivity contribution is -0.133. The van der Waals surface area contributed by atoms with Crippen LogP contribution in [0.15, 0.2) is 78.9 Å². The normalized spacial score (nSPS) is 14.5. The van der Waals surface area contributed by atoms with E-state index in [0.717, 1.165) is 24.2 Å². The Morgan fingerprint density at radius 3 is 2.31 bits per heavy atom. The number of anilines is 1. The Bertz CT molecular complexity index is 1190. The van der Waals surface area contributed by atoms with Crippen LogP contribution in [0.4, 0.5) is 5.69 Å². The number of carbonyl (C=O) groups is 2. The molecule has 0 spiro atoms. The third-order valence-electron chi connectivity index (χ3n) is 6.16. The molecule has 1 N–H and O–H groups in total. The molecule has 7 heteroatoms. The molecule has 2 amide bonds. The molecule has 1 heterocycles. The van der Waals surface area contributed by atoms with Gasteiger partial charge in [-0.3, -0.25) is 9.59 Å². The summed E-state index contributed by atoms with van der Waals surface area (Å²) >= 11 is 5.96. The molecule has 1 aliphatic rings. The Morgan fingerprint density at radius 2 is 1.63 bits per heavy atom. The van der Waals surface area contributed by atoms with Gasteiger partial charge in [-0.15, -0.1) is 0 Å². The van der Waals surface area contributed by atoms with E-state index in [1.54, 1.807) is 24.3 Å². The number of amides is 2. The van der Waals surface area contributed by atoms with Crippen molar-refractivity contribution < 1.29 is 9.59 Å². The summed E-state index contributed by atoms with van der Waals surface area (Å²) in [6, 6.07) is 25.3. The Labute approximate surface area is 210 Å². The second kappa shape index (κ2) is 11.5. The van der Waals surface area contributed by atoms with Crippen LogP contribution < -0.4 is 10.2 Å². The monoisotopic (exact) mass is 486 g/mol. The number of benzene rings is 3. The lowest BCUT2D eigenvalue weighted by Gasteiger charge is -2.27. The molecule has 178 valence electrons. The number of halogens is 1. The smallest absolute Gasteiger partial charge is 0.251 e. The molecule has 0 saturated carbocycles. The van der Waals surface area contributed by atoms with Crippen molar-refractivity contribution in [3.63, 3.8) is 0 Å². The van der Waals surface area contributed by atoms with Crippen LogP contribution in [0.25, 0.3) is 0 Å². The fraction of sp³-hybridized carbons (Fsp3) is 0.250. The maximum absolute atomic E-state index is 13.6. The number of hydrogen-bond acceptors (Lipinski definition) is 4. The van der Waals surface area contributed by atoms with E-state index in [2.05, 4.69) is 16.3 Å². The van der Waals surface area contributed by atoms with Gasteiger partial charge in [-0.05, 0) is 60.5 Å². The van der Waals surface area contributed by atoms with Crippen LogP contribution in [0.1, 0.15) is 27.9 Å². The van der Waals surface area contributed by atoms with Gasteiger partial charge in [-0.25, -0.2) is 0 Å². The van der Waals surface area contributed by atoms with Crippen LogP contribution >= 0.6 is 11.6 Å². The third kappa shape index (κ3) is 6.40.